The van der Waals surface area contributed by atoms with Crippen molar-refractivity contribution in [1.29, 1.82) is 0 Å². The van der Waals surface area contributed by atoms with Crippen molar-refractivity contribution >= 4 is 71.6 Å². The first-order valence-corrected chi connectivity index (χ1v) is 36.8. The van der Waals surface area contributed by atoms with E-state index >= 15 is 0 Å². The Morgan fingerprint density at radius 3 is 1.37 bits per heavy atom. The number of rotatable bonds is 17. The third-order valence-corrected chi connectivity index (χ3v) is 26.7. The molecule has 6 saturated carbocycles. The Morgan fingerprint density at radius 1 is 0.376 bits per heavy atom. The molecule has 6 aliphatic carbocycles. The fourth-order valence-corrected chi connectivity index (χ4v) is 18.3. The number of carbonyl (C=O) groups excluding carboxylic acids is 12. The van der Waals surface area contributed by atoms with E-state index in [1.54, 1.807) is 13.8 Å². The summed E-state index contributed by atoms with van der Waals surface area (Å²) in [4.78, 5) is 144. The van der Waals surface area contributed by atoms with E-state index in [2.05, 4.69) is 6.92 Å². The predicted molar refractivity (Wildman–Crippen MR) is 347 cm³/mol. The Balaban J connectivity index is 0.000000127. The Kier molecular flexibility index (Phi) is 20.9. The molecule has 0 aromatic rings. The maximum atomic E-state index is 12.4. The SMILES string of the molecule is CCC(C)(C)C(=O)OC1C(C)C2CC1C1COC(=O)C21.CCC(C)(C)C(=O)OC1C2CC3C(=O)OC1C3O2.CCC(C)(C)C(=O)OC1C2CC3C1OC(=O)C3C2C(=O)OC.CCC(C)(C)C(=O)OC1C2OC(=O)C3C2OC1C3C(=O)OC.CCC(C)(C)C(=O)OC1CC2CC1C1COC(=O)C21. The zero-order valence-corrected chi connectivity index (χ0v) is 61.8. The third-order valence-electron chi connectivity index (χ3n) is 26.7. The lowest BCUT2D eigenvalue weighted by Crippen LogP contribution is -2.49. The Bertz CT molecular complexity index is 3200. The maximum absolute atomic E-state index is 12.4. The van der Waals surface area contributed by atoms with Gasteiger partial charge in [0.15, 0.2) is 24.4 Å². The molecule has 28 atom stereocenters. The second-order valence-corrected chi connectivity index (χ2v) is 34.0. The molecule has 10 bridgehead atoms. The van der Waals surface area contributed by atoms with Gasteiger partial charge < -0.3 is 66.3 Å². The summed E-state index contributed by atoms with van der Waals surface area (Å²) in [5.41, 5.74) is -2.59. The molecule has 0 radical (unpaired) electrons. The molecule has 15 rings (SSSR count). The van der Waals surface area contributed by atoms with Crippen LogP contribution in [0.5, 0.6) is 0 Å². The van der Waals surface area contributed by atoms with Crippen molar-refractivity contribution in [3.63, 3.8) is 0 Å². The molecule has 15 aliphatic rings. The molecule has 0 N–H and O–H groups in total. The van der Waals surface area contributed by atoms with Crippen LogP contribution in [-0.4, -0.2) is 172 Å². The van der Waals surface area contributed by atoms with E-state index in [9.17, 15) is 57.5 Å². The summed E-state index contributed by atoms with van der Waals surface area (Å²) in [6.45, 7) is 31.5. The molecule has 9 heterocycles. The van der Waals surface area contributed by atoms with Crippen LogP contribution in [0.1, 0.15) is 175 Å². The van der Waals surface area contributed by atoms with E-state index in [4.69, 9.17) is 66.3 Å². The Hall–Kier alpha value is -6.44. The van der Waals surface area contributed by atoms with Gasteiger partial charge in [0.05, 0.1) is 90.2 Å². The van der Waals surface area contributed by atoms with Crippen LogP contribution in [0, 0.1) is 122 Å². The molecule has 0 aromatic carbocycles. The summed E-state index contributed by atoms with van der Waals surface area (Å²) in [5, 5.41) is 0. The second kappa shape index (κ2) is 27.9. The minimum Gasteiger partial charge on any atom is -0.469 e. The number of methoxy groups -OCH3 is 2. The molecule has 101 heavy (non-hydrogen) atoms. The number of hydrogen-bond donors (Lipinski definition) is 0. The van der Waals surface area contributed by atoms with Crippen LogP contribution in [0.3, 0.4) is 0 Å². The van der Waals surface area contributed by atoms with Gasteiger partial charge in [-0.2, -0.15) is 0 Å². The first-order valence-electron chi connectivity index (χ1n) is 36.8. The van der Waals surface area contributed by atoms with Crippen molar-refractivity contribution < 1.29 is 124 Å². The second-order valence-electron chi connectivity index (χ2n) is 34.0. The molecule has 15 fully saturated rings. The van der Waals surface area contributed by atoms with Crippen molar-refractivity contribution in [2.45, 2.75) is 248 Å². The molecule has 0 aromatic heterocycles. The van der Waals surface area contributed by atoms with Crippen LogP contribution >= 0.6 is 0 Å². The van der Waals surface area contributed by atoms with Gasteiger partial charge in [-0.3, -0.25) is 57.5 Å². The minimum atomic E-state index is -0.774. The van der Waals surface area contributed by atoms with Crippen LogP contribution in [0.15, 0.2) is 0 Å². The van der Waals surface area contributed by atoms with Gasteiger partial charge in [0.25, 0.3) is 0 Å². The molecular weight excluding hydrogens is 1320 g/mol. The number of hydrogen-bond acceptors (Lipinski definition) is 26. The predicted octanol–water partition coefficient (Wildman–Crippen LogP) is 7.38. The number of esters is 12. The molecule has 26 heteroatoms. The van der Waals surface area contributed by atoms with Gasteiger partial charge in [-0.15, -0.1) is 0 Å². The maximum Gasteiger partial charge on any atom is 0.313 e. The Labute approximate surface area is 590 Å². The Morgan fingerprint density at radius 2 is 0.822 bits per heavy atom. The van der Waals surface area contributed by atoms with Gasteiger partial charge in [-0.1, -0.05) is 41.5 Å². The highest BCUT2D eigenvalue weighted by atomic mass is 16.7. The van der Waals surface area contributed by atoms with E-state index in [0.717, 1.165) is 32.1 Å². The van der Waals surface area contributed by atoms with Crippen LogP contribution in [0.2, 0.25) is 0 Å². The van der Waals surface area contributed by atoms with Crippen LogP contribution in [0.25, 0.3) is 0 Å². The fourth-order valence-electron chi connectivity index (χ4n) is 18.3. The number of fused-ring (bicyclic) bond motifs is 13. The summed E-state index contributed by atoms with van der Waals surface area (Å²) in [5.74, 6) is -3.69. The van der Waals surface area contributed by atoms with E-state index in [1.807, 2.05) is 90.0 Å². The summed E-state index contributed by atoms with van der Waals surface area (Å²) in [6, 6.07) is 0. The molecule has 0 amide bonds. The monoisotopic (exact) mass is 1420 g/mol. The van der Waals surface area contributed by atoms with Gasteiger partial charge in [-0.05, 0) is 151 Å². The molecular formula is C75H106O26. The summed E-state index contributed by atoms with van der Waals surface area (Å²) in [7, 11) is 2.57. The highest BCUT2D eigenvalue weighted by Crippen LogP contribution is 2.62. The van der Waals surface area contributed by atoms with Gasteiger partial charge in [0, 0.05) is 35.5 Å². The van der Waals surface area contributed by atoms with Gasteiger partial charge in [0.1, 0.15) is 54.6 Å². The third kappa shape index (κ3) is 13.1. The summed E-state index contributed by atoms with van der Waals surface area (Å²) < 4.78 is 75.6. The smallest absolute Gasteiger partial charge is 0.313 e. The molecule has 9 saturated heterocycles. The average Bonchev–Trinajstić information content (AvgIpc) is 1.56. The summed E-state index contributed by atoms with van der Waals surface area (Å²) >= 11 is 0. The van der Waals surface area contributed by atoms with Gasteiger partial charge in [-0.25, -0.2) is 0 Å². The molecule has 9 aliphatic heterocycles. The zero-order valence-electron chi connectivity index (χ0n) is 61.8. The normalized spacial score (nSPS) is 40.2. The van der Waals surface area contributed by atoms with Crippen molar-refractivity contribution in [1.82, 2.24) is 0 Å². The molecule has 28 unspecified atom stereocenters. The van der Waals surface area contributed by atoms with Crippen LogP contribution < -0.4 is 0 Å². The van der Waals surface area contributed by atoms with E-state index < -0.39 is 117 Å². The van der Waals surface area contributed by atoms with Gasteiger partial charge >= 0.3 is 71.6 Å². The lowest BCUT2D eigenvalue weighted by Gasteiger charge is -2.35. The standard InChI is InChI=1S/C16H22O6.C16H24O4.C15H20O7.C15H22O4.C13H18O5/c1-5-16(2,3)15(19)22-12-7-6-8-10(9(7)13(17)20-4)14(18)21-11(8)12;1-5-16(3,4)15(18)20-13-8(2)9-6-10(13)11-7-19-14(17)12(9)11;1-5-15(2,3)14(18)22-11-8-6(12(16)19-4)7-9(20-8)10(11)21-13(7)17;1-4-15(2,3)14(17)19-11-6-8-5-9(11)10-7-18-13(16)12(8)10;1-4-13(2,3)12(15)18-9-7-5-6-8(16-7)10(9)17-11(6)14/h7-12H,5-6H2,1-4H3;8-13H,5-7H2,1-4H3;6-11H,5H2,1-4H3;8-12H,4-7H2,1-3H3;6-10H,4-5H2,1-3H3. The average molecular weight is 1420 g/mol. The van der Waals surface area contributed by atoms with Crippen molar-refractivity contribution in [2.24, 2.45) is 122 Å². The number of cyclic esters (lactones) is 2. The van der Waals surface area contributed by atoms with Crippen LogP contribution in [-0.2, 0) is 124 Å². The molecule has 0 spiro atoms. The van der Waals surface area contributed by atoms with E-state index in [-0.39, 0.29) is 125 Å². The quantitative estimate of drug-likeness (QED) is 0.101. The first kappa shape index (κ1) is 75.7. The molecule has 26 nitrogen and oxygen atoms in total. The lowest BCUT2D eigenvalue weighted by molar-refractivity contribution is -0.173. The minimum absolute atomic E-state index is 0.000856. The largest absolute Gasteiger partial charge is 0.469 e. The highest BCUT2D eigenvalue weighted by Gasteiger charge is 2.74. The summed E-state index contributed by atoms with van der Waals surface area (Å²) in [6.07, 6.45) is 2.93. The zero-order chi connectivity index (χ0) is 74.0. The van der Waals surface area contributed by atoms with Crippen molar-refractivity contribution in [3.05, 3.63) is 0 Å². The number of ether oxygens (including phenoxy) is 14. The van der Waals surface area contributed by atoms with Crippen molar-refractivity contribution in [2.75, 3.05) is 27.4 Å². The first-order chi connectivity index (χ1) is 47.4. The van der Waals surface area contributed by atoms with E-state index in [0.29, 0.717) is 69.0 Å². The molecule has 562 valence electrons. The van der Waals surface area contributed by atoms with Crippen LogP contribution in [0.4, 0.5) is 0 Å². The fraction of sp³-hybridized carbons (Fsp3) is 0.840. The van der Waals surface area contributed by atoms with Gasteiger partial charge in [0.2, 0.25) is 0 Å². The lowest BCUT2D eigenvalue weighted by atomic mass is 9.74. The van der Waals surface area contributed by atoms with Crippen molar-refractivity contribution in [3.8, 4) is 0 Å². The van der Waals surface area contributed by atoms with E-state index in [1.165, 1.54) is 14.2 Å². The highest BCUT2D eigenvalue weighted by molar-refractivity contribution is 5.88. The number of carbonyl (C=O) groups is 12. The topological polar surface area (TPSA) is 334 Å².